The van der Waals surface area contributed by atoms with Gasteiger partial charge in [0.05, 0.1) is 0 Å². The Balaban J connectivity index is 2.00. The van der Waals surface area contributed by atoms with Gasteiger partial charge in [-0.3, -0.25) is 14.5 Å². The van der Waals surface area contributed by atoms with E-state index in [4.69, 9.17) is 6.42 Å². The largest absolute Gasteiger partial charge is 0.351 e. The van der Waals surface area contributed by atoms with Gasteiger partial charge in [-0.2, -0.15) is 0 Å². The molecule has 26 heavy (non-hydrogen) atoms. The van der Waals surface area contributed by atoms with Crippen molar-refractivity contribution in [3.8, 4) is 12.3 Å². The number of carbonyl (C=O) groups is 2. The second-order valence-corrected chi connectivity index (χ2v) is 7.19. The smallest absolute Gasteiger partial charge is 0.303 e. The third-order valence-electron chi connectivity index (χ3n) is 4.45. The van der Waals surface area contributed by atoms with Crippen molar-refractivity contribution in [2.24, 2.45) is 0 Å². The number of nitrogens with zero attached hydrogens (tertiary/aromatic N) is 1. The van der Waals surface area contributed by atoms with Crippen molar-refractivity contribution < 1.29 is 14.0 Å². The Labute approximate surface area is 156 Å². The minimum atomic E-state index is -0.930. The molecule has 1 fully saturated rings. The standard InChI is InChI=1S/C20H19FN2O2S/c1-2-18(24)23(16-10-5-7-14(21)13-16)19(17-11-6-12-26-17)20(25)22-15-8-3-4-9-15/h1,5-7,10-13,15,19H,3-4,8-9H2,(H,22,25). The molecule has 2 aromatic rings. The van der Waals surface area contributed by atoms with Crippen molar-refractivity contribution in [2.75, 3.05) is 4.90 Å². The fourth-order valence-electron chi connectivity index (χ4n) is 3.25. The van der Waals surface area contributed by atoms with Crippen LogP contribution < -0.4 is 10.2 Å². The molecule has 1 aliphatic rings. The van der Waals surface area contributed by atoms with E-state index in [1.165, 1.54) is 34.4 Å². The van der Waals surface area contributed by atoms with Crippen molar-refractivity contribution in [3.63, 3.8) is 0 Å². The van der Waals surface area contributed by atoms with Crippen molar-refractivity contribution in [1.29, 1.82) is 0 Å². The molecule has 0 radical (unpaired) electrons. The van der Waals surface area contributed by atoms with Crippen LogP contribution in [0.25, 0.3) is 0 Å². The third-order valence-corrected chi connectivity index (χ3v) is 5.37. The monoisotopic (exact) mass is 370 g/mol. The number of nitrogens with one attached hydrogen (secondary N) is 1. The zero-order valence-corrected chi connectivity index (χ0v) is 15.0. The molecule has 1 saturated carbocycles. The highest BCUT2D eigenvalue weighted by atomic mass is 32.1. The van der Waals surface area contributed by atoms with Crippen LogP contribution in [0.1, 0.15) is 36.6 Å². The van der Waals surface area contributed by atoms with E-state index < -0.39 is 17.8 Å². The van der Waals surface area contributed by atoms with E-state index in [2.05, 4.69) is 11.2 Å². The Hall–Kier alpha value is -2.65. The maximum atomic E-state index is 13.7. The molecular weight excluding hydrogens is 351 g/mol. The SMILES string of the molecule is C#CC(=O)N(c1cccc(F)c1)C(C(=O)NC1CCCC1)c1cccs1. The molecule has 1 aromatic carbocycles. The van der Waals surface area contributed by atoms with Crippen molar-refractivity contribution in [3.05, 3.63) is 52.5 Å². The molecule has 6 heteroatoms. The van der Waals surface area contributed by atoms with Crippen LogP contribution >= 0.6 is 11.3 Å². The number of halogens is 1. The fraction of sp³-hybridized carbons (Fsp3) is 0.300. The predicted octanol–water partition coefficient (Wildman–Crippen LogP) is 3.65. The van der Waals surface area contributed by atoms with E-state index in [0.717, 1.165) is 25.7 Å². The summed E-state index contributed by atoms with van der Waals surface area (Å²) in [5.74, 6) is 0.578. The van der Waals surface area contributed by atoms with Gasteiger partial charge in [-0.05, 0) is 48.4 Å². The van der Waals surface area contributed by atoms with Gasteiger partial charge < -0.3 is 5.32 Å². The van der Waals surface area contributed by atoms with Gasteiger partial charge in [0, 0.05) is 16.6 Å². The van der Waals surface area contributed by atoms with Crippen LogP contribution in [0.2, 0.25) is 0 Å². The van der Waals surface area contributed by atoms with Crippen molar-refractivity contribution in [1.82, 2.24) is 5.32 Å². The van der Waals surface area contributed by atoms with Gasteiger partial charge in [0.15, 0.2) is 6.04 Å². The van der Waals surface area contributed by atoms with Gasteiger partial charge in [-0.15, -0.1) is 17.8 Å². The van der Waals surface area contributed by atoms with E-state index in [1.807, 2.05) is 5.38 Å². The number of terminal acetylenes is 1. The highest BCUT2D eigenvalue weighted by Gasteiger charge is 2.34. The van der Waals surface area contributed by atoms with Crippen LogP contribution in [-0.2, 0) is 9.59 Å². The van der Waals surface area contributed by atoms with Crippen LogP contribution in [0.3, 0.4) is 0 Å². The minimum absolute atomic E-state index is 0.0975. The van der Waals surface area contributed by atoms with E-state index >= 15 is 0 Å². The second-order valence-electron chi connectivity index (χ2n) is 6.21. The average Bonchev–Trinajstić information content (AvgIpc) is 3.32. The van der Waals surface area contributed by atoms with Gasteiger partial charge in [0.25, 0.3) is 0 Å². The van der Waals surface area contributed by atoms with Crippen LogP contribution in [0, 0.1) is 18.2 Å². The molecule has 3 rings (SSSR count). The lowest BCUT2D eigenvalue weighted by Crippen LogP contribution is -2.45. The highest BCUT2D eigenvalue weighted by Crippen LogP contribution is 2.31. The Morgan fingerprint density at radius 3 is 2.65 bits per heavy atom. The number of thiophene rings is 1. The summed E-state index contributed by atoms with van der Waals surface area (Å²) in [4.78, 5) is 27.4. The summed E-state index contributed by atoms with van der Waals surface area (Å²) in [6.45, 7) is 0. The first-order chi connectivity index (χ1) is 12.6. The molecule has 1 N–H and O–H groups in total. The molecule has 134 valence electrons. The second kappa shape index (κ2) is 8.15. The molecule has 1 aromatic heterocycles. The third kappa shape index (κ3) is 3.94. The number of benzene rings is 1. The predicted molar refractivity (Wildman–Crippen MR) is 100 cm³/mol. The van der Waals surface area contributed by atoms with E-state index in [-0.39, 0.29) is 17.6 Å². The summed E-state index contributed by atoms with van der Waals surface area (Å²) < 4.78 is 13.7. The Bertz CT molecular complexity index is 823. The first kappa shape index (κ1) is 18.2. The molecule has 1 unspecified atom stereocenters. The molecule has 4 nitrogen and oxygen atoms in total. The maximum absolute atomic E-state index is 13.7. The van der Waals surface area contributed by atoms with Crippen LogP contribution in [0.5, 0.6) is 0 Å². The lowest BCUT2D eigenvalue weighted by Gasteiger charge is -2.30. The fourth-order valence-corrected chi connectivity index (χ4v) is 4.06. The zero-order chi connectivity index (χ0) is 18.5. The number of hydrogen-bond acceptors (Lipinski definition) is 3. The van der Waals surface area contributed by atoms with Crippen LogP contribution in [-0.4, -0.2) is 17.9 Å². The molecule has 1 atom stereocenters. The number of anilines is 1. The van der Waals surface area contributed by atoms with Crippen LogP contribution in [0.4, 0.5) is 10.1 Å². The number of carbonyl (C=O) groups excluding carboxylic acids is 2. The minimum Gasteiger partial charge on any atom is -0.351 e. The topological polar surface area (TPSA) is 49.4 Å². The summed E-state index contributed by atoms with van der Waals surface area (Å²) in [6.07, 6.45) is 9.33. The molecule has 0 bridgehead atoms. The maximum Gasteiger partial charge on any atom is 0.303 e. The van der Waals surface area contributed by atoms with Gasteiger partial charge in [0.2, 0.25) is 5.91 Å². The molecule has 1 aliphatic carbocycles. The molecule has 2 amide bonds. The molecular formula is C20H19FN2O2S. The summed E-state index contributed by atoms with van der Waals surface area (Å²) in [7, 11) is 0. The Morgan fingerprint density at radius 1 is 1.27 bits per heavy atom. The molecule has 0 aliphatic heterocycles. The lowest BCUT2D eigenvalue weighted by atomic mass is 10.1. The highest BCUT2D eigenvalue weighted by molar-refractivity contribution is 7.10. The van der Waals surface area contributed by atoms with E-state index in [1.54, 1.807) is 18.2 Å². The lowest BCUT2D eigenvalue weighted by molar-refractivity contribution is -0.125. The Kier molecular flexibility index (Phi) is 5.69. The summed E-state index contributed by atoms with van der Waals surface area (Å²) in [5.41, 5.74) is 0.257. The van der Waals surface area contributed by atoms with Gasteiger partial charge in [-0.25, -0.2) is 4.39 Å². The average molecular weight is 370 g/mol. The molecule has 0 spiro atoms. The molecule has 0 saturated heterocycles. The first-order valence-electron chi connectivity index (χ1n) is 8.49. The normalized spacial score (nSPS) is 15.2. The van der Waals surface area contributed by atoms with Crippen LogP contribution in [0.15, 0.2) is 41.8 Å². The number of hydrogen-bond donors (Lipinski definition) is 1. The first-order valence-corrected chi connectivity index (χ1v) is 9.37. The Morgan fingerprint density at radius 2 is 2.04 bits per heavy atom. The number of rotatable bonds is 5. The summed E-state index contributed by atoms with van der Waals surface area (Å²) in [5, 5.41) is 4.85. The quantitative estimate of drug-likeness (QED) is 0.817. The van der Waals surface area contributed by atoms with Gasteiger partial charge >= 0.3 is 5.91 Å². The van der Waals surface area contributed by atoms with Gasteiger partial charge in [-0.1, -0.05) is 25.0 Å². The van der Waals surface area contributed by atoms with Crippen molar-refractivity contribution >= 4 is 28.8 Å². The molecule has 1 heterocycles. The van der Waals surface area contributed by atoms with E-state index in [0.29, 0.717) is 4.88 Å². The van der Waals surface area contributed by atoms with Crippen molar-refractivity contribution in [2.45, 2.75) is 37.8 Å². The summed E-state index contributed by atoms with van der Waals surface area (Å²) in [6, 6.07) is 8.30. The van der Waals surface area contributed by atoms with Gasteiger partial charge in [0.1, 0.15) is 5.82 Å². The zero-order valence-electron chi connectivity index (χ0n) is 14.2. The summed E-state index contributed by atoms with van der Waals surface area (Å²) >= 11 is 1.36. The van der Waals surface area contributed by atoms with E-state index in [9.17, 15) is 14.0 Å². The number of amides is 2.